The summed E-state index contributed by atoms with van der Waals surface area (Å²) in [6, 6.07) is 5.79. The molecule has 1 saturated heterocycles. The van der Waals surface area contributed by atoms with Crippen LogP contribution in [0.1, 0.15) is 12.8 Å². The van der Waals surface area contributed by atoms with Crippen molar-refractivity contribution >= 4 is 43.5 Å². The lowest BCUT2D eigenvalue weighted by molar-refractivity contribution is -0.121. The van der Waals surface area contributed by atoms with Gasteiger partial charge in [0.25, 0.3) is 0 Å². The number of nitrogens with zero attached hydrogens (tertiary/aromatic N) is 1. The van der Waals surface area contributed by atoms with Crippen LogP contribution in [0.25, 0.3) is 0 Å². The summed E-state index contributed by atoms with van der Waals surface area (Å²) < 4.78 is 1.88. The first-order chi connectivity index (χ1) is 8.15. The summed E-state index contributed by atoms with van der Waals surface area (Å²) in [7, 11) is 1.83. The number of anilines is 1. The zero-order valence-corrected chi connectivity index (χ0v) is 12.7. The maximum absolute atomic E-state index is 12.3. The number of rotatable bonds is 2. The minimum Gasteiger partial charge on any atom is -0.309 e. The van der Waals surface area contributed by atoms with E-state index in [1.807, 2.05) is 30.1 Å². The van der Waals surface area contributed by atoms with Crippen molar-refractivity contribution in [3.8, 4) is 0 Å². The average molecular weight is 362 g/mol. The second-order valence-electron chi connectivity index (χ2n) is 4.04. The Kier molecular flexibility index (Phi) is 4.22. The van der Waals surface area contributed by atoms with Crippen LogP contribution >= 0.6 is 31.9 Å². The molecule has 1 aromatic rings. The van der Waals surface area contributed by atoms with Crippen LogP contribution in [-0.4, -0.2) is 25.5 Å². The third kappa shape index (κ3) is 2.56. The molecule has 5 heteroatoms. The summed E-state index contributed by atoms with van der Waals surface area (Å²) in [4.78, 5) is 14.1. The molecule has 1 heterocycles. The van der Waals surface area contributed by atoms with Gasteiger partial charge in [-0.15, -0.1) is 0 Å². The maximum Gasteiger partial charge on any atom is 0.244 e. The summed E-state index contributed by atoms with van der Waals surface area (Å²) in [6.07, 6.45) is 1.93. The lowest BCUT2D eigenvalue weighted by Crippen LogP contribution is -2.50. The Morgan fingerprint density at radius 3 is 2.59 bits per heavy atom. The van der Waals surface area contributed by atoms with Gasteiger partial charge in [0.05, 0.1) is 11.7 Å². The fourth-order valence-corrected chi connectivity index (χ4v) is 3.54. The molecule has 0 aromatic heterocycles. The number of para-hydroxylation sites is 1. The number of amides is 1. The molecule has 0 spiro atoms. The van der Waals surface area contributed by atoms with Gasteiger partial charge in [0.2, 0.25) is 5.91 Å². The first-order valence-electron chi connectivity index (χ1n) is 5.58. The van der Waals surface area contributed by atoms with E-state index in [-0.39, 0.29) is 11.9 Å². The first kappa shape index (κ1) is 13.1. The summed E-state index contributed by atoms with van der Waals surface area (Å²) in [5, 5.41) is 3.07. The van der Waals surface area contributed by atoms with Crippen molar-refractivity contribution in [2.45, 2.75) is 18.9 Å². The van der Waals surface area contributed by atoms with Gasteiger partial charge in [-0.2, -0.15) is 0 Å². The number of piperidine rings is 1. The Hall–Kier alpha value is -0.390. The molecule has 1 aliphatic rings. The van der Waals surface area contributed by atoms with E-state index in [2.05, 4.69) is 37.2 Å². The summed E-state index contributed by atoms with van der Waals surface area (Å²) in [6.45, 7) is 0.776. The predicted molar refractivity (Wildman–Crippen MR) is 76.3 cm³/mol. The van der Waals surface area contributed by atoms with Crippen molar-refractivity contribution in [2.75, 3.05) is 18.5 Å². The van der Waals surface area contributed by atoms with Crippen LogP contribution in [0.4, 0.5) is 5.69 Å². The summed E-state index contributed by atoms with van der Waals surface area (Å²) in [5.41, 5.74) is 0.928. The van der Waals surface area contributed by atoms with Crippen molar-refractivity contribution in [1.82, 2.24) is 5.32 Å². The molecule has 0 aliphatic carbocycles. The molecule has 1 aromatic carbocycles. The van der Waals surface area contributed by atoms with Crippen molar-refractivity contribution in [1.29, 1.82) is 0 Å². The van der Waals surface area contributed by atoms with Gasteiger partial charge in [-0.05, 0) is 63.9 Å². The highest BCUT2D eigenvalue weighted by atomic mass is 79.9. The molecule has 0 saturated carbocycles. The largest absolute Gasteiger partial charge is 0.309 e. The quantitative estimate of drug-likeness (QED) is 0.878. The zero-order valence-electron chi connectivity index (χ0n) is 9.54. The highest BCUT2D eigenvalue weighted by Crippen LogP contribution is 2.35. The van der Waals surface area contributed by atoms with Gasteiger partial charge in [-0.25, -0.2) is 0 Å². The highest BCUT2D eigenvalue weighted by molar-refractivity contribution is 9.11. The van der Waals surface area contributed by atoms with E-state index in [1.54, 1.807) is 0 Å². The molecule has 0 bridgehead atoms. The molecule has 1 N–H and O–H groups in total. The monoisotopic (exact) mass is 360 g/mol. The minimum absolute atomic E-state index is 0.0669. The van der Waals surface area contributed by atoms with Crippen molar-refractivity contribution in [2.24, 2.45) is 0 Å². The number of likely N-dealkylation sites (N-methyl/N-ethyl adjacent to an activating group) is 1. The van der Waals surface area contributed by atoms with Crippen LogP contribution in [0, 0.1) is 0 Å². The topological polar surface area (TPSA) is 32.3 Å². The third-order valence-electron chi connectivity index (χ3n) is 2.99. The Morgan fingerprint density at radius 2 is 2.00 bits per heavy atom. The molecular formula is C12H14Br2N2O. The van der Waals surface area contributed by atoms with Gasteiger partial charge in [0.15, 0.2) is 0 Å². The molecule has 3 nitrogen and oxygen atoms in total. The number of carbonyl (C=O) groups excluding carboxylic acids is 1. The van der Waals surface area contributed by atoms with E-state index in [9.17, 15) is 4.79 Å². The molecule has 2 rings (SSSR count). The van der Waals surface area contributed by atoms with Crippen LogP contribution < -0.4 is 10.2 Å². The zero-order chi connectivity index (χ0) is 12.4. The molecule has 17 heavy (non-hydrogen) atoms. The highest BCUT2D eigenvalue weighted by Gasteiger charge is 2.30. The molecule has 1 amide bonds. The van der Waals surface area contributed by atoms with Gasteiger partial charge in [0, 0.05) is 15.5 Å². The van der Waals surface area contributed by atoms with Crippen molar-refractivity contribution < 1.29 is 4.79 Å². The smallest absolute Gasteiger partial charge is 0.244 e. The molecule has 92 valence electrons. The van der Waals surface area contributed by atoms with E-state index in [0.29, 0.717) is 0 Å². The van der Waals surface area contributed by atoms with E-state index >= 15 is 0 Å². The Balaban J connectivity index is 2.36. The van der Waals surface area contributed by atoms with Gasteiger partial charge in [-0.3, -0.25) is 4.79 Å². The molecule has 1 fully saturated rings. The number of carbonyl (C=O) groups is 1. The van der Waals surface area contributed by atoms with Crippen LogP contribution in [0.5, 0.6) is 0 Å². The number of hydrogen-bond acceptors (Lipinski definition) is 2. The SMILES string of the molecule is CNC1CCCN(c2c(Br)cccc2Br)C1=O. The van der Waals surface area contributed by atoms with Gasteiger partial charge in [0.1, 0.15) is 0 Å². The van der Waals surface area contributed by atoms with Crippen LogP contribution in [-0.2, 0) is 4.79 Å². The van der Waals surface area contributed by atoms with E-state index in [0.717, 1.165) is 34.0 Å². The lowest BCUT2D eigenvalue weighted by Gasteiger charge is -2.33. The first-order valence-corrected chi connectivity index (χ1v) is 7.16. The molecule has 1 aliphatic heterocycles. The Morgan fingerprint density at radius 1 is 1.35 bits per heavy atom. The number of hydrogen-bond donors (Lipinski definition) is 1. The maximum atomic E-state index is 12.3. The summed E-state index contributed by atoms with van der Waals surface area (Å²) >= 11 is 7.02. The molecule has 1 unspecified atom stereocenters. The third-order valence-corrected chi connectivity index (χ3v) is 4.27. The fourth-order valence-electron chi connectivity index (χ4n) is 2.11. The Labute approximate surface area is 118 Å². The lowest BCUT2D eigenvalue weighted by atomic mass is 10.0. The van der Waals surface area contributed by atoms with Crippen LogP contribution in [0.15, 0.2) is 27.1 Å². The van der Waals surface area contributed by atoms with Crippen LogP contribution in [0.3, 0.4) is 0 Å². The van der Waals surface area contributed by atoms with E-state index < -0.39 is 0 Å². The minimum atomic E-state index is -0.0669. The number of halogens is 2. The van der Waals surface area contributed by atoms with Gasteiger partial charge >= 0.3 is 0 Å². The van der Waals surface area contributed by atoms with Crippen molar-refractivity contribution in [3.05, 3.63) is 27.1 Å². The standard InChI is InChI=1S/C12H14Br2N2O/c1-15-10-6-3-7-16(12(10)17)11-8(13)4-2-5-9(11)14/h2,4-5,10,15H,3,6-7H2,1H3. The van der Waals surface area contributed by atoms with E-state index in [1.165, 1.54) is 0 Å². The number of nitrogens with one attached hydrogen (secondary N) is 1. The second-order valence-corrected chi connectivity index (χ2v) is 5.75. The molecule has 1 atom stereocenters. The number of benzene rings is 1. The summed E-state index contributed by atoms with van der Waals surface area (Å²) in [5.74, 6) is 0.145. The van der Waals surface area contributed by atoms with Crippen molar-refractivity contribution in [3.63, 3.8) is 0 Å². The predicted octanol–water partition coefficient (Wildman–Crippen LogP) is 2.93. The average Bonchev–Trinajstić information content (AvgIpc) is 2.31. The van der Waals surface area contributed by atoms with Gasteiger partial charge in [-0.1, -0.05) is 6.07 Å². The van der Waals surface area contributed by atoms with E-state index in [4.69, 9.17) is 0 Å². The fraction of sp³-hybridized carbons (Fsp3) is 0.417. The van der Waals surface area contributed by atoms with Crippen LogP contribution in [0.2, 0.25) is 0 Å². The molecular weight excluding hydrogens is 348 g/mol. The Bertz CT molecular complexity index is 416. The second kappa shape index (κ2) is 5.50. The molecule has 0 radical (unpaired) electrons. The normalized spacial score (nSPS) is 20.8. The van der Waals surface area contributed by atoms with Gasteiger partial charge < -0.3 is 10.2 Å².